The number of fused-ring (bicyclic) bond motifs is 2. The van der Waals surface area contributed by atoms with Crippen LogP contribution in [0.3, 0.4) is 0 Å². The number of nitrogens with zero attached hydrogens (tertiary/aromatic N) is 2. The Morgan fingerprint density at radius 2 is 1.50 bits per heavy atom. The average Bonchev–Trinajstić information content (AvgIpc) is 2.38. The number of hydrogen-bond acceptors (Lipinski definition) is 7. The van der Waals surface area contributed by atoms with Gasteiger partial charge < -0.3 is 14.8 Å². The molecule has 9 heteroatoms. The highest BCUT2D eigenvalue weighted by Crippen LogP contribution is 2.06. The molecule has 1 aromatic rings. The summed E-state index contributed by atoms with van der Waals surface area (Å²) in [7, 11) is 0. The highest BCUT2D eigenvalue weighted by atomic mass is 16.7. The van der Waals surface area contributed by atoms with E-state index >= 15 is 0 Å². The number of rotatable bonds is 0. The molecular weight excluding hydrogens is 248 g/mol. The zero-order valence-corrected chi connectivity index (χ0v) is 9.21. The molecule has 2 rings (SSSR count). The Morgan fingerprint density at radius 1 is 1.00 bits per heavy atom. The molecule has 0 atom stereocenters. The van der Waals surface area contributed by atoms with Crippen molar-refractivity contribution in [1.29, 1.82) is 0 Å². The van der Waals surface area contributed by atoms with E-state index in [1.807, 2.05) is 0 Å². The smallest absolute Gasteiger partial charge is 0.399 e. The summed E-state index contributed by atoms with van der Waals surface area (Å²) in [6.07, 6.45) is -0.651. The van der Waals surface area contributed by atoms with Gasteiger partial charge in [-0.2, -0.15) is 0 Å². The number of hydrogen-bond donors (Lipinski definition) is 1. The van der Waals surface area contributed by atoms with Crippen molar-refractivity contribution < 1.29 is 24.4 Å². The predicted octanol–water partition coefficient (Wildman–Crippen LogP) is -2.27. The van der Waals surface area contributed by atoms with E-state index in [1.54, 1.807) is 0 Å². The lowest BCUT2D eigenvalue weighted by atomic mass is 10.3. The van der Waals surface area contributed by atoms with Gasteiger partial charge in [0.2, 0.25) is 5.75 Å². The summed E-state index contributed by atoms with van der Waals surface area (Å²) in [5, 5.41) is 9.46. The molecule has 0 spiro atoms. The van der Waals surface area contributed by atoms with Gasteiger partial charge in [-0.15, -0.1) is 4.73 Å². The first-order valence-corrected chi connectivity index (χ1v) is 4.92. The predicted molar refractivity (Wildman–Crippen MR) is 53.8 cm³/mol. The van der Waals surface area contributed by atoms with E-state index in [-0.39, 0.29) is 23.3 Å². The normalized spacial score (nSPS) is 15.2. The van der Waals surface area contributed by atoms with E-state index in [4.69, 9.17) is 0 Å². The fourth-order valence-electron chi connectivity index (χ4n) is 1.35. The molecule has 9 nitrogen and oxygen atoms in total. The molecule has 2 heterocycles. The first kappa shape index (κ1) is 11.9. The SMILES string of the molecule is Cc1c(O)c(=O)n2c(=O)n1OC(=O)CCC(=O)O2. The second-order valence-corrected chi connectivity index (χ2v) is 3.54. The third kappa shape index (κ3) is 1.75. The summed E-state index contributed by atoms with van der Waals surface area (Å²) >= 11 is 0. The van der Waals surface area contributed by atoms with Crippen molar-refractivity contribution in [2.24, 2.45) is 0 Å². The number of carbonyl (C=O) groups is 2. The molecular formula is C9H8N2O7. The van der Waals surface area contributed by atoms with Crippen LogP contribution in [0.4, 0.5) is 0 Å². The monoisotopic (exact) mass is 256 g/mol. The molecule has 18 heavy (non-hydrogen) atoms. The van der Waals surface area contributed by atoms with Crippen LogP contribution in [0.15, 0.2) is 9.59 Å². The summed E-state index contributed by atoms with van der Waals surface area (Å²) in [6, 6.07) is 0. The van der Waals surface area contributed by atoms with Crippen LogP contribution >= 0.6 is 0 Å². The summed E-state index contributed by atoms with van der Waals surface area (Å²) in [4.78, 5) is 54.8. The lowest BCUT2D eigenvalue weighted by molar-refractivity contribution is -0.148. The summed E-state index contributed by atoms with van der Waals surface area (Å²) in [5.74, 6) is -2.66. The molecule has 0 unspecified atom stereocenters. The molecule has 1 aromatic heterocycles. The lowest BCUT2D eigenvalue weighted by Gasteiger charge is -2.10. The van der Waals surface area contributed by atoms with E-state index in [2.05, 4.69) is 9.68 Å². The molecule has 0 amide bonds. The van der Waals surface area contributed by atoms with Crippen LogP contribution in [-0.4, -0.2) is 26.5 Å². The molecule has 1 aliphatic heterocycles. The minimum absolute atomic E-state index is 0.0449. The van der Waals surface area contributed by atoms with Crippen LogP contribution in [0.25, 0.3) is 0 Å². The topological polar surface area (TPSA) is 117 Å². The molecule has 96 valence electrons. The molecule has 0 saturated carbocycles. The van der Waals surface area contributed by atoms with Crippen LogP contribution < -0.4 is 20.9 Å². The number of carbonyl (C=O) groups excluding carboxylic acids is 2. The molecule has 2 bridgehead atoms. The molecule has 1 N–H and O–H groups in total. The second kappa shape index (κ2) is 4.02. The zero-order valence-electron chi connectivity index (χ0n) is 9.21. The molecule has 0 aliphatic carbocycles. The molecule has 0 saturated heterocycles. The van der Waals surface area contributed by atoms with Crippen LogP contribution in [0.5, 0.6) is 5.75 Å². The maximum atomic E-state index is 11.7. The summed E-state index contributed by atoms with van der Waals surface area (Å²) in [6.45, 7) is 1.20. The Labute approximate surface area is 98.7 Å². The van der Waals surface area contributed by atoms with Gasteiger partial charge in [0.15, 0.2) is 0 Å². The zero-order chi connectivity index (χ0) is 13.4. The van der Waals surface area contributed by atoms with Gasteiger partial charge in [0.05, 0.1) is 12.8 Å². The third-order valence-electron chi connectivity index (χ3n) is 2.30. The van der Waals surface area contributed by atoms with Gasteiger partial charge in [0, 0.05) is 0 Å². The highest BCUT2D eigenvalue weighted by Gasteiger charge is 2.24. The van der Waals surface area contributed by atoms with Crippen molar-refractivity contribution in [3.8, 4) is 5.75 Å². The summed E-state index contributed by atoms with van der Waals surface area (Å²) in [5.41, 5.74) is -2.63. The van der Waals surface area contributed by atoms with E-state index in [0.29, 0.717) is 4.73 Å². The van der Waals surface area contributed by atoms with Gasteiger partial charge in [-0.1, -0.05) is 4.73 Å². The van der Waals surface area contributed by atoms with Crippen molar-refractivity contribution in [3.05, 3.63) is 26.5 Å². The number of aromatic nitrogens is 2. The Bertz CT molecular complexity index is 654. The average molecular weight is 256 g/mol. The van der Waals surface area contributed by atoms with Crippen LogP contribution in [0.1, 0.15) is 18.5 Å². The van der Waals surface area contributed by atoms with Gasteiger partial charge >= 0.3 is 23.2 Å². The largest absolute Gasteiger partial charge is 0.502 e. The molecule has 1 aliphatic rings. The van der Waals surface area contributed by atoms with Crippen LogP contribution in [0.2, 0.25) is 0 Å². The van der Waals surface area contributed by atoms with Gasteiger partial charge in [0.1, 0.15) is 5.69 Å². The van der Waals surface area contributed by atoms with Crippen LogP contribution in [0, 0.1) is 6.92 Å². The van der Waals surface area contributed by atoms with Crippen molar-refractivity contribution in [2.45, 2.75) is 19.8 Å². The molecule has 0 aromatic carbocycles. The molecule has 0 fully saturated rings. The van der Waals surface area contributed by atoms with E-state index in [9.17, 15) is 24.3 Å². The Balaban J connectivity index is 2.78. The van der Waals surface area contributed by atoms with Crippen molar-refractivity contribution in [1.82, 2.24) is 9.46 Å². The van der Waals surface area contributed by atoms with Gasteiger partial charge in [-0.05, 0) is 6.92 Å². The Morgan fingerprint density at radius 3 is 2.06 bits per heavy atom. The van der Waals surface area contributed by atoms with Crippen molar-refractivity contribution in [3.63, 3.8) is 0 Å². The quantitative estimate of drug-likeness (QED) is 0.556. The third-order valence-corrected chi connectivity index (χ3v) is 2.30. The lowest BCUT2D eigenvalue weighted by Crippen LogP contribution is -2.47. The first-order valence-electron chi connectivity index (χ1n) is 4.92. The van der Waals surface area contributed by atoms with E-state index < -0.39 is 28.9 Å². The highest BCUT2D eigenvalue weighted by molar-refractivity contribution is 5.78. The maximum Gasteiger partial charge on any atom is 0.399 e. The minimum atomic E-state index is -1.19. The summed E-state index contributed by atoms with van der Waals surface area (Å²) < 4.78 is 0.445. The van der Waals surface area contributed by atoms with Crippen molar-refractivity contribution >= 4 is 11.9 Å². The van der Waals surface area contributed by atoms with Gasteiger partial charge in [0.25, 0.3) is 0 Å². The van der Waals surface area contributed by atoms with Crippen molar-refractivity contribution in [2.75, 3.05) is 0 Å². The van der Waals surface area contributed by atoms with Crippen LogP contribution in [-0.2, 0) is 9.59 Å². The van der Waals surface area contributed by atoms with E-state index in [1.165, 1.54) is 6.92 Å². The maximum absolute atomic E-state index is 11.7. The fraction of sp³-hybridized carbons (Fsp3) is 0.333. The van der Waals surface area contributed by atoms with Gasteiger partial charge in [-0.3, -0.25) is 4.79 Å². The Hall–Kier alpha value is -2.58. The number of aromatic hydroxyl groups is 1. The standard InChI is InChI=1S/C9H8N2O7/c1-4-7(14)8(15)11-9(16)10(4)17-5(12)2-3-6(13)18-11/h14H,2-3H2,1H3. The van der Waals surface area contributed by atoms with E-state index in [0.717, 1.165) is 0 Å². The van der Waals surface area contributed by atoms with Gasteiger partial charge in [-0.25, -0.2) is 14.4 Å². The Kier molecular flexibility index (Phi) is 2.66. The molecule has 0 radical (unpaired) electrons. The fourth-order valence-corrected chi connectivity index (χ4v) is 1.35. The minimum Gasteiger partial charge on any atom is -0.502 e. The second-order valence-electron chi connectivity index (χ2n) is 3.54. The first-order chi connectivity index (χ1) is 8.41.